The molecule has 92 valence electrons. The molecule has 0 aromatic carbocycles. The fraction of sp³-hybridized carbons (Fsp3) is 0.333. The maximum atomic E-state index is 9.90. The largest absolute Gasteiger partial charge is 0.346 e. The highest BCUT2D eigenvalue weighted by Crippen LogP contribution is 1.83. The van der Waals surface area contributed by atoms with Crippen molar-refractivity contribution in [2.75, 3.05) is 20.8 Å². The van der Waals surface area contributed by atoms with Gasteiger partial charge in [0.2, 0.25) is 0 Å². The standard InChI is InChI=1S/C9H14N6O2/c1-14(7-12-10-3-5-16)9-15(2)8-13-11-4-6-17/h3-8H,9H2,1-2H3. The molecule has 8 heteroatoms. The van der Waals surface area contributed by atoms with E-state index in [9.17, 15) is 9.59 Å². The van der Waals surface area contributed by atoms with Gasteiger partial charge in [-0.3, -0.25) is 9.59 Å². The lowest BCUT2D eigenvalue weighted by molar-refractivity contribution is -0.103. The lowest BCUT2D eigenvalue weighted by atomic mass is 10.7. The molecule has 0 heterocycles. The summed E-state index contributed by atoms with van der Waals surface area (Å²) in [6, 6.07) is 0. The minimum absolute atomic E-state index is 0.500. The molecule has 17 heavy (non-hydrogen) atoms. The predicted octanol–water partition coefficient (Wildman–Crippen LogP) is -0.766. The highest BCUT2D eigenvalue weighted by Gasteiger charge is 1.94. The number of carbonyl (C=O) groups is 2. The summed E-state index contributed by atoms with van der Waals surface area (Å²) < 4.78 is 0. The lowest BCUT2D eigenvalue weighted by Gasteiger charge is -2.19. The van der Waals surface area contributed by atoms with Gasteiger partial charge in [0.25, 0.3) is 0 Å². The van der Waals surface area contributed by atoms with Crippen LogP contribution in [-0.4, -0.2) is 68.2 Å². The van der Waals surface area contributed by atoms with E-state index in [0.29, 0.717) is 19.2 Å². The molecule has 0 saturated carbocycles. The molecule has 0 aromatic heterocycles. The summed E-state index contributed by atoms with van der Waals surface area (Å²) in [4.78, 5) is 23.2. The third kappa shape index (κ3) is 9.91. The van der Waals surface area contributed by atoms with E-state index in [0.717, 1.165) is 12.4 Å². The number of hydrogen-bond acceptors (Lipinski definition) is 6. The molecule has 0 aliphatic carbocycles. The molecule has 0 saturated heterocycles. The van der Waals surface area contributed by atoms with Crippen molar-refractivity contribution in [3.63, 3.8) is 0 Å². The van der Waals surface area contributed by atoms with E-state index in [2.05, 4.69) is 20.4 Å². The zero-order chi connectivity index (χ0) is 12.9. The normalized spacial score (nSPS) is 11.9. The first kappa shape index (κ1) is 14.6. The van der Waals surface area contributed by atoms with Gasteiger partial charge in [0, 0.05) is 14.1 Å². The van der Waals surface area contributed by atoms with Crippen LogP contribution in [-0.2, 0) is 9.59 Å². The van der Waals surface area contributed by atoms with E-state index in [1.165, 1.54) is 12.7 Å². The van der Waals surface area contributed by atoms with Crippen molar-refractivity contribution >= 4 is 37.7 Å². The van der Waals surface area contributed by atoms with Crippen molar-refractivity contribution in [3.8, 4) is 0 Å². The predicted molar refractivity (Wildman–Crippen MR) is 66.5 cm³/mol. The Morgan fingerprint density at radius 2 is 1.24 bits per heavy atom. The number of rotatable bonds is 8. The third-order valence-corrected chi connectivity index (χ3v) is 1.33. The second-order valence-electron chi connectivity index (χ2n) is 2.92. The molecule has 8 nitrogen and oxygen atoms in total. The van der Waals surface area contributed by atoms with E-state index in [1.54, 1.807) is 23.9 Å². The lowest BCUT2D eigenvalue weighted by Crippen LogP contribution is -2.31. The van der Waals surface area contributed by atoms with E-state index >= 15 is 0 Å². The maximum Gasteiger partial charge on any atom is 0.162 e. The Labute approximate surface area is 99.0 Å². The van der Waals surface area contributed by atoms with Crippen LogP contribution >= 0.6 is 0 Å². The van der Waals surface area contributed by atoms with E-state index in [-0.39, 0.29) is 0 Å². The molecule has 0 aliphatic heterocycles. The van der Waals surface area contributed by atoms with Crippen LogP contribution in [0.2, 0.25) is 0 Å². The van der Waals surface area contributed by atoms with Gasteiger partial charge < -0.3 is 9.80 Å². The van der Waals surface area contributed by atoms with Crippen LogP contribution in [0.25, 0.3) is 0 Å². The minimum Gasteiger partial charge on any atom is -0.346 e. The van der Waals surface area contributed by atoms with Crippen molar-refractivity contribution in [3.05, 3.63) is 0 Å². The van der Waals surface area contributed by atoms with Crippen molar-refractivity contribution in [2.24, 2.45) is 20.4 Å². The number of aldehydes is 2. The zero-order valence-electron chi connectivity index (χ0n) is 9.67. The number of hydrogen-bond donors (Lipinski definition) is 0. The highest BCUT2D eigenvalue weighted by atomic mass is 16.1. The third-order valence-electron chi connectivity index (χ3n) is 1.33. The average molecular weight is 238 g/mol. The summed E-state index contributed by atoms with van der Waals surface area (Å²) in [5.41, 5.74) is 0. The number of carbonyl (C=O) groups excluding carboxylic acids is 2. The Morgan fingerprint density at radius 1 is 0.824 bits per heavy atom. The highest BCUT2D eigenvalue weighted by molar-refractivity contribution is 6.13. The van der Waals surface area contributed by atoms with Crippen LogP contribution in [0.1, 0.15) is 0 Å². The second-order valence-corrected chi connectivity index (χ2v) is 2.92. The van der Waals surface area contributed by atoms with Gasteiger partial charge in [-0.05, 0) is 0 Å². The summed E-state index contributed by atoms with van der Waals surface area (Å²) in [5, 5.41) is 14.1. The first-order valence-electron chi connectivity index (χ1n) is 4.61. The summed E-state index contributed by atoms with van der Waals surface area (Å²) in [6.45, 7) is 0.500. The van der Waals surface area contributed by atoms with Gasteiger partial charge >= 0.3 is 0 Å². The monoisotopic (exact) mass is 238 g/mol. The van der Waals surface area contributed by atoms with Crippen LogP contribution in [0.15, 0.2) is 20.4 Å². The Hall–Kier alpha value is -2.38. The number of nitrogens with zero attached hydrogens (tertiary/aromatic N) is 6. The molecule has 0 radical (unpaired) electrons. The summed E-state index contributed by atoms with van der Waals surface area (Å²) >= 11 is 0. The molecule has 0 aliphatic rings. The topological polar surface area (TPSA) is 90.1 Å². The first-order chi connectivity index (χ1) is 8.20. The van der Waals surface area contributed by atoms with Gasteiger partial charge in [0.15, 0.2) is 12.6 Å². The Morgan fingerprint density at radius 3 is 1.59 bits per heavy atom. The zero-order valence-corrected chi connectivity index (χ0v) is 9.67. The molecule has 0 spiro atoms. The van der Waals surface area contributed by atoms with Gasteiger partial charge in [-0.25, -0.2) is 0 Å². The van der Waals surface area contributed by atoms with Gasteiger partial charge in [0.1, 0.15) is 12.7 Å². The minimum atomic E-state index is 0.500. The van der Waals surface area contributed by atoms with Crippen molar-refractivity contribution in [2.45, 2.75) is 0 Å². The SMILES string of the molecule is CN(C=NN=CC=O)CN(C)C=NN=CC=O. The van der Waals surface area contributed by atoms with Gasteiger partial charge in [0.05, 0.1) is 19.1 Å². The molecule has 0 rings (SSSR count). The molecular formula is C9H14N6O2. The molecule has 0 bridgehead atoms. The molecule has 0 fully saturated rings. The van der Waals surface area contributed by atoms with Gasteiger partial charge in [-0.1, -0.05) is 0 Å². The quantitative estimate of drug-likeness (QED) is 0.183. The molecule has 0 unspecified atom stereocenters. The van der Waals surface area contributed by atoms with E-state index < -0.39 is 0 Å². The molecule has 0 atom stereocenters. The van der Waals surface area contributed by atoms with Crippen molar-refractivity contribution in [1.82, 2.24) is 9.80 Å². The smallest absolute Gasteiger partial charge is 0.162 e. The van der Waals surface area contributed by atoms with E-state index in [1.807, 2.05) is 0 Å². The molecular weight excluding hydrogens is 224 g/mol. The Kier molecular flexibility index (Phi) is 8.73. The average Bonchev–Trinajstić information content (AvgIpc) is 2.30. The van der Waals surface area contributed by atoms with Gasteiger partial charge in [-0.15, -0.1) is 10.2 Å². The molecule has 0 N–H and O–H groups in total. The van der Waals surface area contributed by atoms with Crippen LogP contribution < -0.4 is 0 Å². The Bertz CT molecular complexity index is 304. The summed E-state index contributed by atoms with van der Waals surface area (Å²) in [7, 11) is 3.55. The summed E-state index contributed by atoms with van der Waals surface area (Å²) in [5.74, 6) is 0. The maximum absolute atomic E-state index is 9.90. The summed E-state index contributed by atoms with van der Waals surface area (Å²) in [6.07, 6.45) is 6.09. The molecule has 0 aromatic rings. The van der Waals surface area contributed by atoms with Crippen molar-refractivity contribution < 1.29 is 9.59 Å². The molecule has 0 amide bonds. The van der Waals surface area contributed by atoms with Gasteiger partial charge in [-0.2, -0.15) is 10.2 Å². The second kappa shape index (κ2) is 10.1. The van der Waals surface area contributed by atoms with Crippen LogP contribution in [0, 0.1) is 0 Å². The van der Waals surface area contributed by atoms with Crippen LogP contribution in [0.3, 0.4) is 0 Å². The fourth-order valence-corrected chi connectivity index (χ4v) is 0.792. The Balaban J connectivity index is 3.98. The fourth-order valence-electron chi connectivity index (χ4n) is 0.792. The van der Waals surface area contributed by atoms with Crippen LogP contribution in [0.5, 0.6) is 0 Å². The first-order valence-corrected chi connectivity index (χ1v) is 4.61. The van der Waals surface area contributed by atoms with Crippen LogP contribution in [0.4, 0.5) is 0 Å². The van der Waals surface area contributed by atoms with E-state index in [4.69, 9.17) is 0 Å². The van der Waals surface area contributed by atoms with Crippen molar-refractivity contribution in [1.29, 1.82) is 0 Å².